The minimum absolute atomic E-state index is 0. The number of nitrogens with one attached hydrogen (secondary N) is 2. The molecular formula is C20H26IN3O. The van der Waals surface area contributed by atoms with Crippen LogP contribution in [0.2, 0.25) is 0 Å². The van der Waals surface area contributed by atoms with E-state index in [0.29, 0.717) is 5.92 Å². The number of nitrogens with zero attached hydrogens (tertiary/aromatic N) is 1. The van der Waals surface area contributed by atoms with E-state index in [-0.39, 0.29) is 24.0 Å². The van der Waals surface area contributed by atoms with Gasteiger partial charge in [0.1, 0.15) is 5.75 Å². The Labute approximate surface area is 167 Å². The van der Waals surface area contributed by atoms with Crippen LogP contribution in [0.25, 0.3) is 0 Å². The van der Waals surface area contributed by atoms with Crippen molar-refractivity contribution in [1.82, 2.24) is 10.6 Å². The third-order valence-corrected chi connectivity index (χ3v) is 4.57. The zero-order valence-corrected chi connectivity index (χ0v) is 17.1. The molecular weight excluding hydrogens is 425 g/mol. The quantitative estimate of drug-likeness (QED) is 0.402. The molecule has 4 nitrogen and oxygen atoms in total. The molecule has 0 aromatic heterocycles. The van der Waals surface area contributed by atoms with Crippen molar-refractivity contribution in [3.05, 3.63) is 65.2 Å². The Morgan fingerprint density at radius 2 is 1.88 bits per heavy atom. The Balaban J connectivity index is 0.00000225. The van der Waals surface area contributed by atoms with Gasteiger partial charge in [0.15, 0.2) is 5.96 Å². The Kier molecular flexibility index (Phi) is 7.55. The summed E-state index contributed by atoms with van der Waals surface area (Å²) in [6, 6.07) is 16.9. The number of methoxy groups -OCH3 is 1. The predicted octanol–water partition coefficient (Wildman–Crippen LogP) is 3.36. The average molecular weight is 451 g/mol. The fourth-order valence-corrected chi connectivity index (χ4v) is 3.10. The topological polar surface area (TPSA) is 45.7 Å². The number of hydrogen-bond acceptors (Lipinski definition) is 2. The summed E-state index contributed by atoms with van der Waals surface area (Å²) in [5.41, 5.74) is 4.23. The first kappa shape index (κ1) is 19.6. The summed E-state index contributed by atoms with van der Waals surface area (Å²) in [4.78, 5) is 4.31. The van der Waals surface area contributed by atoms with Gasteiger partial charge in [0.2, 0.25) is 0 Å². The standard InChI is InChI=1S/C20H25N3O.HI/c1-21-20(22-12-11-15-7-9-18(24-2)10-8-15)23-14-17-13-16-5-3-4-6-19(16)17;/h3-10,17H,11-14H2,1-2H3,(H2,21,22,23);1H. The van der Waals surface area contributed by atoms with E-state index >= 15 is 0 Å². The smallest absolute Gasteiger partial charge is 0.191 e. The number of aliphatic imine (C=N–C) groups is 1. The summed E-state index contributed by atoms with van der Waals surface area (Å²) >= 11 is 0. The molecule has 0 bridgehead atoms. The van der Waals surface area contributed by atoms with Crippen LogP contribution in [-0.2, 0) is 12.8 Å². The van der Waals surface area contributed by atoms with E-state index in [2.05, 4.69) is 52.0 Å². The highest BCUT2D eigenvalue weighted by atomic mass is 127. The Hall–Kier alpha value is -1.76. The monoisotopic (exact) mass is 451 g/mol. The average Bonchev–Trinajstić information content (AvgIpc) is 2.61. The number of fused-ring (bicyclic) bond motifs is 1. The molecule has 0 saturated heterocycles. The first-order chi connectivity index (χ1) is 11.8. The number of ether oxygens (including phenoxy) is 1. The van der Waals surface area contributed by atoms with Crippen LogP contribution in [0.1, 0.15) is 22.6 Å². The van der Waals surface area contributed by atoms with Crippen LogP contribution in [0.4, 0.5) is 0 Å². The van der Waals surface area contributed by atoms with Crippen LogP contribution in [0.5, 0.6) is 5.75 Å². The highest BCUT2D eigenvalue weighted by Crippen LogP contribution is 2.33. The molecule has 0 saturated carbocycles. The molecule has 0 heterocycles. The van der Waals surface area contributed by atoms with E-state index in [1.807, 2.05) is 19.2 Å². The number of halogens is 1. The minimum Gasteiger partial charge on any atom is -0.497 e. The first-order valence-corrected chi connectivity index (χ1v) is 8.45. The van der Waals surface area contributed by atoms with E-state index in [1.165, 1.54) is 16.7 Å². The molecule has 1 atom stereocenters. The van der Waals surface area contributed by atoms with Crippen molar-refractivity contribution in [2.45, 2.75) is 18.8 Å². The van der Waals surface area contributed by atoms with Crippen molar-refractivity contribution in [3.8, 4) is 5.75 Å². The molecule has 1 unspecified atom stereocenters. The van der Waals surface area contributed by atoms with Gasteiger partial charge in [0, 0.05) is 26.1 Å². The zero-order chi connectivity index (χ0) is 16.8. The van der Waals surface area contributed by atoms with E-state index in [0.717, 1.165) is 37.6 Å². The summed E-state index contributed by atoms with van der Waals surface area (Å²) in [6.07, 6.45) is 2.11. The Morgan fingerprint density at radius 1 is 1.12 bits per heavy atom. The van der Waals surface area contributed by atoms with Gasteiger partial charge in [0.25, 0.3) is 0 Å². The maximum absolute atomic E-state index is 5.18. The molecule has 2 aromatic carbocycles. The largest absolute Gasteiger partial charge is 0.497 e. The van der Waals surface area contributed by atoms with Gasteiger partial charge in [-0.2, -0.15) is 0 Å². The summed E-state index contributed by atoms with van der Waals surface area (Å²) in [7, 11) is 3.50. The molecule has 0 amide bonds. The third kappa shape index (κ3) is 5.11. The van der Waals surface area contributed by atoms with Crippen LogP contribution in [0, 0.1) is 0 Å². The van der Waals surface area contributed by atoms with Gasteiger partial charge in [-0.25, -0.2) is 0 Å². The molecule has 3 rings (SSSR count). The molecule has 1 aliphatic rings. The highest BCUT2D eigenvalue weighted by Gasteiger charge is 2.25. The molecule has 5 heteroatoms. The second-order valence-electron chi connectivity index (χ2n) is 6.08. The lowest BCUT2D eigenvalue weighted by Crippen LogP contribution is -2.41. The molecule has 0 radical (unpaired) electrons. The molecule has 25 heavy (non-hydrogen) atoms. The molecule has 134 valence electrons. The first-order valence-electron chi connectivity index (χ1n) is 8.45. The fraction of sp³-hybridized carbons (Fsp3) is 0.350. The van der Waals surface area contributed by atoms with Crippen LogP contribution in [0.15, 0.2) is 53.5 Å². The molecule has 0 fully saturated rings. The fourth-order valence-electron chi connectivity index (χ4n) is 3.10. The molecule has 2 aromatic rings. The Bertz CT molecular complexity index is 700. The molecule has 1 aliphatic carbocycles. The lowest BCUT2D eigenvalue weighted by molar-refractivity contribution is 0.414. The summed E-state index contributed by atoms with van der Waals surface area (Å²) < 4.78 is 5.18. The Morgan fingerprint density at radius 3 is 2.56 bits per heavy atom. The second-order valence-corrected chi connectivity index (χ2v) is 6.08. The van der Waals surface area contributed by atoms with Crippen molar-refractivity contribution in [2.75, 3.05) is 27.2 Å². The molecule has 2 N–H and O–H groups in total. The van der Waals surface area contributed by atoms with E-state index in [4.69, 9.17) is 4.74 Å². The van der Waals surface area contributed by atoms with Crippen LogP contribution < -0.4 is 15.4 Å². The van der Waals surface area contributed by atoms with E-state index in [9.17, 15) is 0 Å². The third-order valence-electron chi connectivity index (χ3n) is 4.57. The molecule has 0 spiro atoms. The van der Waals surface area contributed by atoms with Crippen LogP contribution >= 0.6 is 24.0 Å². The highest BCUT2D eigenvalue weighted by molar-refractivity contribution is 14.0. The van der Waals surface area contributed by atoms with Gasteiger partial charge < -0.3 is 15.4 Å². The van der Waals surface area contributed by atoms with Crippen molar-refractivity contribution in [1.29, 1.82) is 0 Å². The van der Waals surface area contributed by atoms with Crippen molar-refractivity contribution in [3.63, 3.8) is 0 Å². The number of benzene rings is 2. The van der Waals surface area contributed by atoms with Crippen molar-refractivity contribution < 1.29 is 4.74 Å². The maximum atomic E-state index is 5.18. The van der Waals surface area contributed by atoms with E-state index in [1.54, 1.807) is 7.11 Å². The number of guanidine groups is 1. The SMILES string of the molecule is CN=C(NCCc1ccc(OC)cc1)NCC1Cc2ccccc21.I. The summed E-state index contributed by atoms with van der Waals surface area (Å²) in [5.74, 6) is 2.36. The van der Waals surface area contributed by atoms with Gasteiger partial charge in [0.05, 0.1) is 7.11 Å². The van der Waals surface area contributed by atoms with Gasteiger partial charge in [-0.3, -0.25) is 4.99 Å². The molecule has 0 aliphatic heterocycles. The lowest BCUT2D eigenvalue weighted by Gasteiger charge is -2.30. The second kappa shape index (κ2) is 9.65. The van der Waals surface area contributed by atoms with Crippen molar-refractivity contribution in [2.24, 2.45) is 4.99 Å². The zero-order valence-electron chi connectivity index (χ0n) is 14.8. The predicted molar refractivity (Wildman–Crippen MR) is 114 cm³/mol. The van der Waals surface area contributed by atoms with Crippen molar-refractivity contribution >= 4 is 29.9 Å². The lowest BCUT2D eigenvalue weighted by atomic mass is 9.78. The minimum atomic E-state index is 0. The maximum Gasteiger partial charge on any atom is 0.191 e. The summed E-state index contributed by atoms with van der Waals surface area (Å²) in [5, 5.41) is 6.82. The van der Waals surface area contributed by atoms with Gasteiger partial charge >= 0.3 is 0 Å². The van der Waals surface area contributed by atoms with Gasteiger partial charge in [-0.15, -0.1) is 24.0 Å². The van der Waals surface area contributed by atoms with Gasteiger partial charge in [-0.05, 0) is 41.7 Å². The van der Waals surface area contributed by atoms with Crippen LogP contribution in [0.3, 0.4) is 0 Å². The van der Waals surface area contributed by atoms with Gasteiger partial charge in [-0.1, -0.05) is 36.4 Å². The number of rotatable bonds is 6. The summed E-state index contributed by atoms with van der Waals surface area (Å²) in [6.45, 7) is 1.78. The normalized spacial score (nSPS) is 15.4. The number of hydrogen-bond donors (Lipinski definition) is 2. The van der Waals surface area contributed by atoms with Crippen LogP contribution in [-0.4, -0.2) is 33.2 Å². The van der Waals surface area contributed by atoms with E-state index < -0.39 is 0 Å².